The summed E-state index contributed by atoms with van der Waals surface area (Å²) in [6, 6.07) is 11.2. The molecular formula is C16H13BrFN3. The number of halogens is 2. The van der Waals surface area contributed by atoms with E-state index in [1.54, 1.807) is 6.07 Å². The molecule has 0 spiro atoms. The van der Waals surface area contributed by atoms with E-state index in [1.807, 2.05) is 24.3 Å². The largest absolute Gasteiger partial charge is 0.397 e. The van der Waals surface area contributed by atoms with Gasteiger partial charge in [0.1, 0.15) is 11.3 Å². The van der Waals surface area contributed by atoms with Crippen LogP contribution >= 0.6 is 15.9 Å². The van der Waals surface area contributed by atoms with Crippen molar-refractivity contribution in [3.63, 3.8) is 0 Å². The lowest BCUT2D eigenvalue weighted by atomic mass is 10.1. The normalized spacial score (nSPS) is 14.8. The monoisotopic (exact) mass is 345 g/mol. The van der Waals surface area contributed by atoms with E-state index in [4.69, 9.17) is 5.73 Å². The number of nitrogens with two attached hydrogens (primary N) is 1. The predicted octanol–water partition coefficient (Wildman–Crippen LogP) is 4.52. The molecule has 0 atom stereocenters. The summed E-state index contributed by atoms with van der Waals surface area (Å²) in [5.41, 5.74) is 8.90. The minimum atomic E-state index is -0.290. The van der Waals surface area contributed by atoms with E-state index in [0.29, 0.717) is 17.2 Å². The standard InChI is InChI=1S/C16H13BrFN3/c17-11-4-1-3-10(14(11)19)16-20-15-12(18)5-2-6-13(15)21(16)9-7-8-9/h1-6,9H,7-8,19H2. The second kappa shape index (κ2) is 4.56. The highest BCUT2D eigenvalue weighted by Gasteiger charge is 2.30. The molecule has 4 rings (SSSR count). The highest BCUT2D eigenvalue weighted by atomic mass is 79.9. The van der Waals surface area contributed by atoms with Gasteiger partial charge in [-0.1, -0.05) is 12.1 Å². The molecule has 1 aliphatic carbocycles. The van der Waals surface area contributed by atoms with Crippen molar-refractivity contribution in [1.29, 1.82) is 0 Å². The maximum absolute atomic E-state index is 14.0. The summed E-state index contributed by atoms with van der Waals surface area (Å²) in [6.07, 6.45) is 2.20. The van der Waals surface area contributed by atoms with E-state index in [2.05, 4.69) is 25.5 Å². The summed E-state index contributed by atoms with van der Waals surface area (Å²) in [4.78, 5) is 4.53. The van der Waals surface area contributed by atoms with Crippen LogP contribution in [0, 0.1) is 5.82 Å². The van der Waals surface area contributed by atoms with Gasteiger partial charge >= 0.3 is 0 Å². The number of para-hydroxylation sites is 2. The molecule has 0 bridgehead atoms. The summed E-state index contributed by atoms with van der Waals surface area (Å²) in [5.74, 6) is 0.457. The van der Waals surface area contributed by atoms with Crippen LogP contribution in [-0.2, 0) is 0 Å². The molecule has 5 heteroatoms. The first kappa shape index (κ1) is 12.8. The lowest BCUT2D eigenvalue weighted by Gasteiger charge is -2.10. The lowest BCUT2D eigenvalue weighted by Crippen LogP contribution is -2.00. The Morgan fingerprint density at radius 2 is 1.95 bits per heavy atom. The summed E-state index contributed by atoms with van der Waals surface area (Å²) in [5, 5.41) is 0. The molecule has 106 valence electrons. The van der Waals surface area contributed by atoms with Crippen LogP contribution in [0.2, 0.25) is 0 Å². The molecule has 2 aromatic carbocycles. The van der Waals surface area contributed by atoms with Gasteiger partial charge in [0.2, 0.25) is 0 Å². The van der Waals surface area contributed by atoms with Crippen molar-refractivity contribution in [3.8, 4) is 11.4 Å². The van der Waals surface area contributed by atoms with Gasteiger partial charge in [-0.15, -0.1) is 0 Å². The number of hydrogen-bond acceptors (Lipinski definition) is 2. The number of rotatable bonds is 2. The highest BCUT2D eigenvalue weighted by Crippen LogP contribution is 2.43. The Morgan fingerprint density at radius 1 is 1.19 bits per heavy atom. The van der Waals surface area contributed by atoms with Crippen molar-refractivity contribution in [2.75, 3.05) is 5.73 Å². The molecular weight excluding hydrogens is 333 g/mol. The quantitative estimate of drug-likeness (QED) is 0.693. The second-order valence-electron chi connectivity index (χ2n) is 5.35. The number of nitrogens with zero attached hydrogens (tertiary/aromatic N) is 2. The molecule has 1 fully saturated rings. The molecule has 1 saturated carbocycles. The second-order valence-corrected chi connectivity index (χ2v) is 6.20. The van der Waals surface area contributed by atoms with Gasteiger partial charge in [-0.2, -0.15) is 0 Å². The van der Waals surface area contributed by atoms with Crippen LogP contribution < -0.4 is 5.73 Å². The molecule has 21 heavy (non-hydrogen) atoms. The molecule has 1 aromatic heterocycles. The van der Waals surface area contributed by atoms with Gasteiger partial charge in [0.05, 0.1) is 11.2 Å². The van der Waals surface area contributed by atoms with Gasteiger partial charge in [0.25, 0.3) is 0 Å². The van der Waals surface area contributed by atoms with E-state index in [-0.39, 0.29) is 5.82 Å². The van der Waals surface area contributed by atoms with Gasteiger partial charge in [-0.05, 0) is 53.0 Å². The Morgan fingerprint density at radius 3 is 2.71 bits per heavy atom. The van der Waals surface area contributed by atoms with Crippen molar-refractivity contribution < 1.29 is 4.39 Å². The zero-order valence-corrected chi connectivity index (χ0v) is 12.8. The van der Waals surface area contributed by atoms with Gasteiger partial charge in [-0.3, -0.25) is 0 Å². The van der Waals surface area contributed by atoms with E-state index in [0.717, 1.165) is 34.2 Å². The Kier molecular flexibility index (Phi) is 2.79. The van der Waals surface area contributed by atoms with E-state index in [9.17, 15) is 4.39 Å². The fraction of sp³-hybridized carbons (Fsp3) is 0.188. The third kappa shape index (κ3) is 1.95. The Labute approximate surface area is 129 Å². The smallest absolute Gasteiger partial charge is 0.151 e. The molecule has 2 N–H and O–H groups in total. The molecule has 3 nitrogen and oxygen atoms in total. The Balaban J connectivity index is 2.06. The predicted molar refractivity (Wildman–Crippen MR) is 85.5 cm³/mol. The van der Waals surface area contributed by atoms with Gasteiger partial charge in [0, 0.05) is 16.1 Å². The molecule has 0 unspecified atom stereocenters. The number of fused-ring (bicyclic) bond motifs is 1. The summed E-state index contributed by atoms with van der Waals surface area (Å²) >= 11 is 3.44. The number of hydrogen-bond donors (Lipinski definition) is 1. The molecule has 0 amide bonds. The lowest BCUT2D eigenvalue weighted by molar-refractivity contribution is 0.637. The fourth-order valence-corrected chi connectivity index (χ4v) is 3.07. The molecule has 3 aromatic rings. The fourth-order valence-electron chi connectivity index (χ4n) is 2.71. The topological polar surface area (TPSA) is 43.8 Å². The van der Waals surface area contributed by atoms with Gasteiger partial charge in [-0.25, -0.2) is 9.37 Å². The number of imidazole rings is 1. The van der Waals surface area contributed by atoms with Crippen LogP contribution in [0.25, 0.3) is 22.4 Å². The first-order valence-electron chi connectivity index (χ1n) is 6.87. The zero-order valence-electron chi connectivity index (χ0n) is 11.2. The average molecular weight is 346 g/mol. The minimum Gasteiger partial charge on any atom is -0.397 e. The Bertz CT molecular complexity index is 852. The number of anilines is 1. The summed E-state index contributed by atoms with van der Waals surface area (Å²) in [7, 11) is 0. The van der Waals surface area contributed by atoms with Crippen LogP contribution in [0.4, 0.5) is 10.1 Å². The average Bonchev–Trinajstić information content (AvgIpc) is 3.23. The first-order chi connectivity index (χ1) is 10.2. The first-order valence-corrected chi connectivity index (χ1v) is 7.67. The third-order valence-corrected chi connectivity index (χ3v) is 4.57. The molecule has 0 radical (unpaired) electrons. The SMILES string of the molecule is Nc1c(Br)cccc1-c1nc2c(F)cccc2n1C1CC1. The van der Waals surface area contributed by atoms with Crippen LogP contribution in [-0.4, -0.2) is 9.55 Å². The third-order valence-electron chi connectivity index (χ3n) is 3.88. The molecule has 1 aliphatic rings. The van der Waals surface area contributed by atoms with E-state index >= 15 is 0 Å². The number of benzene rings is 2. The van der Waals surface area contributed by atoms with E-state index < -0.39 is 0 Å². The highest BCUT2D eigenvalue weighted by molar-refractivity contribution is 9.10. The van der Waals surface area contributed by atoms with E-state index in [1.165, 1.54) is 6.07 Å². The molecule has 0 saturated heterocycles. The van der Waals surface area contributed by atoms with Crippen LogP contribution in [0.15, 0.2) is 40.9 Å². The van der Waals surface area contributed by atoms with Crippen LogP contribution in [0.1, 0.15) is 18.9 Å². The van der Waals surface area contributed by atoms with Crippen LogP contribution in [0.3, 0.4) is 0 Å². The molecule has 0 aliphatic heterocycles. The van der Waals surface area contributed by atoms with Gasteiger partial charge < -0.3 is 10.3 Å². The van der Waals surface area contributed by atoms with Crippen molar-refractivity contribution in [2.45, 2.75) is 18.9 Å². The zero-order chi connectivity index (χ0) is 14.6. The van der Waals surface area contributed by atoms with Crippen molar-refractivity contribution >= 4 is 32.7 Å². The van der Waals surface area contributed by atoms with Crippen LogP contribution in [0.5, 0.6) is 0 Å². The maximum atomic E-state index is 14.0. The van der Waals surface area contributed by atoms with Crippen molar-refractivity contribution in [2.24, 2.45) is 0 Å². The summed E-state index contributed by atoms with van der Waals surface area (Å²) < 4.78 is 17.0. The van der Waals surface area contributed by atoms with Crippen molar-refractivity contribution in [3.05, 3.63) is 46.7 Å². The number of aromatic nitrogens is 2. The maximum Gasteiger partial charge on any atom is 0.151 e. The number of nitrogen functional groups attached to an aromatic ring is 1. The summed E-state index contributed by atoms with van der Waals surface area (Å²) in [6.45, 7) is 0. The Hall–Kier alpha value is -1.88. The van der Waals surface area contributed by atoms with Gasteiger partial charge in [0.15, 0.2) is 5.82 Å². The minimum absolute atomic E-state index is 0.290. The van der Waals surface area contributed by atoms with Crippen molar-refractivity contribution in [1.82, 2.24) is 9.55 Å². The molecule has 1 heterocycles.